The van der Waals surface area contributed by atoms with Crippen LogP contribution in [0.25, 0.3) is 0 Å². The molecule has 0 saturated carbocycles. The van der Waals surface area contributed by atoms with Crippen molar-refractivity contribution in [3.05, 3.63) is 0 Å². The molecular weight excluding hydrogens is 214 g/mol. The molecule has 1 unspecified atom stereocenters. The number of carbonyl (C=O) groups is 1. The van der Waals surface area contributed by atoms with Crippen molar-refractivity contribution in [2.24, 2.45) is 0 Å². The number of aliphatic hydroxyl groups excluding tert-OH is 2. The number of ether oxygens (including phenoxy) is 2. The highest BCUT2D eigenvalue weighted by Crippen LogP contribution is 2.10. The molecule has 94 valence electrons. The molecule has 1 saturated heterocycles. The average molecular weight is 233 g/mol. The van der Waals surface area contributed by atoms with E-state index in [-0.39, 0.29) is 25.7 Å². The summed E-state index contributed by atoms with van der Waals surface area (Å²) >= 11 is 0. The van der Waals surface area contributed by atoms with Gasteiger partial charge in [0, 0.05) is 0 Å². The van der Waals surface area contributed by atoms with Gasteiger partial charge in [-0.1, -0.05) is 6.92 Å². The van der Waals surface area contributed by atoms with Crippen LogP contribution in [0.1, 0.15) is 13.3 Å². The fraction of sp³-hybridized carbons (Fsp3) is 0.900. The summed E-state index contributed by atoms with van der Waals surface area (Å²) in [6.07, 6.45) is -0.211. The second-order valence-electron chi connectivity index (χ2n) is 3.87. The van der Waals surface area contributed by atoms with Gasteiger partial charge in [0.25, 0.3) is 5.91 Å². The Bertz CT molecular complexity index is 215. The topological polar surface area (TPSA) is 88.0 Å². The number of aliphatic hydroxyl groups is 2. The van der Waals surface area contributed by atoms with E-state index in [1.807, 2.05) is 0 Å². The molecule has 3 N–H and O–H groups in total. The van der Waals surface area contributed by atoms with Crippen molar-refractivity contribution in [1.29, 1.82) is 0 Å². The fourth-order valence-corrected chi connectivity index (χ4v) is 1.42. The quantitative estimate of drug-likeness (QED) is 0.546. The highest BCUT2D eigenvalue weighted by molar-refractivity contribution is 5.81. The van der Waals surface area contributed by atoms with E-state index in [9.17, 15) is 15.0 Å². The lowest BCUT2D eigenvalue weighted by Gasteiger charge is -2.32. The third kappa shape index (κ3) is 3.15. The minimum Gasteiger partial charge on any atom is -0.394 e. The van der Waals surface area contributed by atoms with Crippen LogP contribution in [0.15, 0.2) is 0 Å². The van der Waals surface area contributed by atoms with Crippen LogP contribution in [0.2, 0.25) is 0 Å². The Kier molecular flexibility index (Phi) is 5.14. The maximum atomic E-state index is 11.8. The predicted octanol–water partition coefficient (Wildman–Crippen LogP) is -1.35. The van der Waals surface area contributed by atoms with Crippen molar-refractivity contribution in [3.63, 3.8) is 0 Å². The summed E-state index contributed by atoms with van der Waals surface area (Å²) in [5.41, 5.74) is -0.974. The van der Waals surface area contributed by atoms with Gasteiger partial charge in [0.15, 0.2) is 6.10 Å². The molecule has 0 aromatic rings. The maximum Gasteiger partial charge on any atom is 0.252 e. The first-order valence-corrected chi connectivity index (χ1v) is 5.40. The van der Waals surface area contributed by atoms with E-state index in [4.69, 9.17) is 9.47 Å². The van der Waals surface area contributed by atoms with Crippen molar-refractivity contribution >= 4 is 5.91 Å². The molecule has 0 bridgehead atoms. The normalized spacial score (nSPS) is 21.8. The van der Waals surface area contributed by atoms with Crippen LogP contribution in [0.3, 0.4) is 0 Å². The first kappa shape index (κ1) is 13.4. The highest BCUT2D eigenvalue weighted by Gasteiger charge is 2.32. The molecule has 1 aliphatic rings. The molecule has 1 heterocycles. The number of hydrogen-bond donors (Lipinski definition) is 3. The lowest BCUT2D eigenvalue weighted by molar-refractivity contribution is -0.150. The van der Waals surface area contributed by atoms with Crippen molar-refractivity contribution < 1.29 is 24.5 Å². The van der Waals surface area contributed by atoms with E-state index in [2.05, 4.69) is 5.32 Å². The Morgan fingerprint density at radius 2 is 2.12 bits per heavy atom. The van der Waals surface area contributed by atoms with Gasteiger partial charge < -0.3 is 25.0 Å². The molecular formula is C10H19NO5. The van der Waals surface area contributed by atoms with E-state index in [1.54, 1.807) is 6.92 Å². The molecule has 1 atom stereocenters. The Balaban J connectivity index is 2.53. The molecule has 0 spiro atoms. The van der Waals surface area contributed by atoms with E-state index in [0.29, 0.717) is 19.6 Å². The van der Waals surface area contributed by atoms with Gasteiger partial charge in [-0.15, -0.1) is 0 Å². The van der Waals surface area contributed by atoms with Gasteiger partial charge >= 0.3 is 0 Å². The summed E-state index contributed by atoms with van der Waals surface area (Å²) in [5.74, 6) is -0.357. The molecule has 1 aliphatic heterocycles. The van der Waals surface area contributed by atoms with Crippen LogP contribution in [-0.4, -0.2) is 60.8 Å². The number of hydrogen-bond acceptors (Lipinski definition) is 5. The molecule has 16 heavy (non-hydrogen) atoms. The third-order valence-electron chi connectivity index (χ3n) is 2.78. The van der Waals surface area contributed by atoms with E-state index >= 15 is 0 Å². The van der Waals surface area contributed by atoms with Crippen LogP contribution in [0, 0.1) is 0 Å². The number of amides is 1. The van der Waals surface area contributed by atoms with Crippen molar-refractivity contribution in [3.8, 4) is 0 Å². The zero-order valence-electron chi connectivity index (χ0n) is 9.44. The molecule has 6 nitrogen and oxygen atoms in total. The second kappa shape index (κ2) is 6.15. The highest BCUT2D eigenvalue weighted by atomic mass is 16.6. The Labute approximate surface area is 94.5 Å². The molecule has 0 aromatic carbocycles. The molecule has 0 radical (unpaired) electrons. The number of carbonyl (C=O) groups excluding carboxylic acids is 1. The van der Waals surface area contributed by atoms with Gasteiger partial charge in [-0.2, -0.15) is 0 Å². The van der Waals surface area contributed by atoms with Crippen molar-refractivity contribution in [2.45, 2.75) is 25.0 Å². The lowest BCUT2D eigenvalue weighted by Crippen LogP contribution is -2.57. The smallest absolute Gasteiger partial charge is 0.252 e. The minimum atomic E-state index is -0.974. The van der Waals surface area contributed by atoms with Gasteiger partial charge in [0.05, 0.1) is 38.6 Å². The summed E-state index contributed by atoms with van der Waals surface area (Å²) in [5, 5.41) is 21.0. The standard InChI is InChI=1S/C10H19NO5/c1-2-10(6-12,7-13)11-9(14)8-5-15-3-4-16-8/h8,12-13H,2-7H2,1H3,(H,11,14). The molecule has 1 amide bonds. The summed E-state index contributed by atoms with van der Waals surface area (Å²) in [6, 6.07) is 0. The largest absolute Gasteiger partial charge is 0.394 e. The summed E-state index contributed by atoms with van der Waals surface area (Å²) in [6.45, 7) is 2.25. The molecule has 0 aliphatic carbocycles. The summed E-state index contributed by atoms with van der Waals surface area (Å²) in [4.78, 5) is 11.8. The average Bonchev–Trinajstić information content (AvgIpc) is 2.37. The SMILES string of the molecule is CCC(CO)(CO)NC(=O)C1COCCO1. The first-order chi connectivity index (χ1) is 7.67. The van der Waals surface area contributed by atoms with Crippen LogP contribution in [0.5, 0.6) is 0 Å². The number of nitrogens with one attached hydrogen (secondary N) is 1. The minimum absolute atomic E-state index is 0.211. The third-order valence-corrected chi connectivity index (χ3v) is 2.78. The van der Waals surface area contributed by atoms with Crippen molar-refractivity contribution in [2.75, 3.05) is 33.0 Å². The Hall–Kier alpha value is -0.690. The molecule has 6 heteroatoms. The van der Waals surface area contributed by atoms with Crippen LogP contribution < -0.4 is 5.32 Å². The molecule has 1 rings (SSSR count). The van der Waals surface area contributed by atoms with Crippen LogP contribution in [-0.2, 0) is 14.3 Å². The van der Waals surface area contributed by atoms with Gasteiger partial charge in [0.2, 0.25) is 0 Å². The second-order valence-corrected chi connectivity index (χ2v) is 3.87. The van der Waals surface area contributed by atoms with Gasteiger partial charge in [-0.3, -0.25) is 4.79 Å². The zero-order chi connectivity index (χ0) is 12.0. The Morgan fingerprint density at radius 3 is 2.56 bits per heavy atom. The lowest BCUT2D eigenvalue weighted by atomic mass is 9.98. The number of rotatable bonds is 5. The molecule has 0 aromatic heterocycles. The maximum absolute atomic E-state index is 11.8. The van der Waals surface area contributed by atoms with Crippen LogP contribution >= 0.6 is 0 Å². The zero-order valence-corrected chi connectivity index (χ0v) is 9.44. The first-order valence-electron chi connectivity index (χ1n) is 5.40. The predicted molar refractivity (Wildman–Crippen MR) is 55.9 cm³/mol. The van der Waals surface area contributed by atoms with Crippen molar-refractivity contribution in [1.82, 2.24) is 5.32 Å². The van der Waals surface area contributed by atoms with E-state index < -0.39 is 11.6 Å². The van der Waals surface area contributed by atoms with Gasteiger partial charge in [-0.05, 0) is 6.42 Å². The summed E-state index contributed by atoms with van der Waals surface area (Å²) < 4.78 is 10.3. The molecule has 1 fully saturated rings. The van der Waals surface area contributed by atoms with E-state index in [1.165, 1.54) is 0 Å². The summed E-state index contributed by atoms with van der Waals surface area (Å²) in [7, 11) is 0. The Morgan fingerprint density at radius 1 is 1.44 bits per heavy atom. The van der Waals surface area contributed by atoms with Gasteiger partial charge in [-0.25, -0.2) is 0 Å². The monoisotopic (exact) mass is 233 g/mol. The van der Waals surface area contributed by atoms with Crippen LogP contribution in [0.4, 0.5) is 0 Å². The fourth-order valence-electron chi connectivity index (χ4n) is 1.42. The van der Waals surface area contributed by atoms with E-state index in [0.717, 1.165) is 0 Å². The van der Waals surface area contributed by atoms with Gasteiger partial charge in [0.1, 0.15) is 0 Å².